The maximum Gasteiger partial charge on any atom is 0.283 e. The molecule has 4 rings (SSSR count). The first-order chi connectivity index (χ1) is 16.2. The van der Waals surface area contributed by atoms with E-state index in [0.29, 0.717) is 22.0 Å². The van der Waals surface area contributed by atoms with Crippen molar-refractivity contribution in [3.05, 3.63) is 98.7 Å². The number of amides is 3. The number of aryl methyl sites for hydroxylation is 3. The number of nitrogens with zero attached hydrogens (tertiary/aromatic N) is 1. The van der Waals surface area contributed by atoms with Gasteiger partial charge in [-0.1, -0.05) is 41.4 Å². The highest BCUT2D eigenvalue weighted by atomic mass is 35.5. The second-order valence-electron chi connectivity index (χ2n) is 8.04. The van der Waals surface area contributed by atoms with Gasteiger partial charge in [-0.25, -0.2) is 4.90 Å². The molecule has 3 aromatic carbocycles. The van der Waals surface area contributed by atoms with E-state index in [2.05, 4.69) is 10.6 Å². The summed E-state index contributed by atoms with van der Waals surface area (Å²) in [6, 6.07) is 17.2. The van der Waals surface area contributed by atoms with E-state index in [1.807, 2.05) is 39.0 Å². The van der Waals surface area contributed by atoms with Crippen molar-refractivity contribution < 1.29 is 14.4 Å². The van der Waals surface area contributed by atoms with E-state index < -0.39 is 11.8 Å². The van der Waals surface area contributed by atoms with Crippen LogP contribution in [0.1, 0.15) is 27.0 Å². The largest absolute Gasteiger partial charge is 0.349 e. The van der Waals surface area contributed by atoms with Gasteiger partial charge in [0, 0.05) is 22.0 Å². The summed E-state index contributed by atoms with van der Waals surface area (Å²) < 4.78 is 0. The van der Waals surface area contributed by atoms with Crippen molar-refractivity contribution in [2.75, 3.05) is 15.5 Å². The fourth-order valence-electron chi connectivity index (χ4n) is 3.53. The van der Waals surface area contributed by atoms with Crippen molar-refractivity contribution in [1.29, 1.82) is 0 Å². The van der Waals surface area contributed by atoms with Crippen LogP contribution in [0.25, 0.3) is 0 Å². The van der Waals surface area contributed by atoms with Gasteiger partial charge < -0.3 is 10.6 Å². The third-order valence-corrected chi connectivity index (χ3v) is 6.12. The SMILES string of the molecule is Cc1ccc(C)c(NC(=O)c2ccc(C)c(NC3=C(Cl)C(=O)N(c4ccc(Cl)cc4)C3=O)c2)c1. The van der Waals surface area contributed by atoms with E-state index in [1.54, 1.807) is 42.5 Å². The smallest absolute Gasteiger partial charge is 0.283 e. The van der Waals surface area contributed by atoms with E-state index in [0.717, 1.165) is 27.3 Å². The van der Waals surface area contributed by atoms with Crippen LogP contribution in [0.2, 0.25) is 5.02 Å². The highest BCUT2D eigenvalue weighted by molar-refractivity contribution is 6.53. The molecule has 34 heavy (non-hydrogen) atoms. The summed E-state index contributed by atoms with van der Waals surface area (Å²) >= 11 is 12.2. The third kappa shape index (κ3) is 4.55. The lowest BCUT2D eigenvalue weighted by molar-refractivity contribution is -0.120. The summed E-state index contributed by atoms with van der Waals surface area (Å²) in [6.45, 7) is 5.69. The summed E-state index contributed by atoms with van der Waals surface area (Å²) in [5.74, 6) is -1.53. The highest BCUT2D eigenvalue weighted by Crippen LogP contribution is 2.32. The molecule has 0 aliphatic carbocycles. The van der Waals surface area contributed by atoms with Gasteiger partial charge in [0.25, 0.3) is 17.7 Å². The predicted octanol–water partition coefficient (Wildman–Crippen LogP) is 5.95. The molecular weight excluding hydrogens is 473 g/mol. The van der Waals surface area contributed by atoms with Gasteiger partial charge in [-0.15, -0.1) is 0 Å². The zero-order valence-electron chi connectivity index (χ0n) is 18.7. The van der Waals surface area contributed by atoms with E-state index in [9.17, 15) is 14.4 Å². The molecule has 0 saturated carbocycles. The molecule has 0 fully saturated rings. The number of anilines is 3. The normalized spacial score (nSPS) is 13.5. The number of benzene rings is 3. The van der Waals surface area contributed by atoms with E-state index in [-0.39, 0.29) is 16.6 Å². The molecule has 2 N–H and O–H groups in total. The number of rotatable bonds is 5. The highest BCUT2D eigenvalue weighted by Gasteiger charge is 2.39. The van der Waals surface area contributed by atoms with Crippen molar-refractivity contribution in [3.63, 3.8) is 0 Å². The molecule has 0 aromatic heterocycles. The lowest BCUT2D eigenvalue weighted by Gasteiger charge is -2.16. The van der Waals surface area contributed by atoms with Gasteiger partial charge in [0.05, 0.1) is 5.69 Å². The van der Waals surface area contributed by atoms with Crippen LogP contribution in [0.3, 0.4) is 0 Å². The van der Waals surface area contributed by atoms with Gasteiger partial charge in [0.1, 0.15) is 10.7 Å². The average molecular weight is 494 g/mol. The first-order valence-electron chi connectivity index (χ1n) is 10.5. The quantitative estimate of drug-likeness (QED) is 0.430. The summed E-state index contributed by atoms with van der Waals surface area (Å²) in [6.07, 6.45) is 0. The monoisotopic (exact) mass is 493 g/mol. The van der Waals surface area contributed by atoms with Crippen LogP contribution < -0.4 is 15.5 Å². The van der Waals surface area contributed by atoms with E-state index >= 15 is 0 Å². The third-order valence-electron chi connectivity index (χ3n) is 5.51. The molecule has 3 aromatic rings. The van der Waals surface area contributed by atoms with Crippen LogP contribution in [-0.4, -0.2) is 17.7 Å². The van der Waals surface area contributed by atoms with Gasteiger partial charge in [-0.3, -0.25) is 14.4 Å². The standard InChI is InChI=1S/C26H21Cl2N3O3/c1-14-4-5-15(2)20(12-14)30-24(32)17-7-6-16(3)21(13-17)29-23-22(28)25(33)31(26(23)34)19-10-8-18(27)9-11-19/h4-13,29H,1-3H3,(H,30,32). The molecular formula is C26H21Cl2N3O3. The van der Waals surface area contributed by atoms with Gasteiger partial charge >= 0.3 is 0 Å². The zero-order valence-corrected chi connectivity index (χ0v) is 20.2. The van der Waals surface area contributed by atoms with Crippen molar-refractivity contribution in [1.82, 2.24) is 0 Å². The molecule has 0 bridgehead atoms. The van der Waals surface area contributed by atoms with Gasteiger partial charge in [0.2, 0.25) is 0 Å². The Kier molecular flexibility index (Phi) is 6.46. The van der Waals surface area contributed by atoms with E-state index in [1.165, 1.54) is 0 Å². The molecule has 8 heteroatoms. The van der Waals surface area contributed by atoms with Crippen LogP contribution in [0, 0.1) is 20.8 Å². The fourth-order valence-corrected chi connectivity index (χ4v) is 3.87. The van der Waals surface area contributed by atoms with Gasteiger partial charge in [0.15, 0.2) is 0 Å². The van der Waals surface area contributed by atoms with Crippen molar-refractivity contribution in [3.8, 4) is 0 Å². The molecule has 172 valence electrons. The first kappa shape index (κ1) is 23.5. The first-order valence-corrected chi connectivity index (χ1v) is 11.2. The maximum absolute atomic E-state index is 13.0. The molecule has 0 unspecified atom stereocenters. The van der Waals surface area contributed by atoms with E-state index in [4.69, 9.17) is 23.2 Å². The molecule has 1 aliphatic heterocycles. The average Bonchev–Trinajstić information content (AvgIpc) is 3.01. The Morgan fingerprint density at radius 1 is 0.794 bits per heavy atom. The molecule has 0 saturated heterocycles. The summed E-state index contributed by atoms with van der Waals surface area (Å²) in [5, 5.41) is 6.13. The minimum absolute atomic E-state index is 0.0585. The van der Waals surface area contributed by atoms with Crippen molar-refractivity contribution in [2.24, 2.45) is 0 Å². The molecule has 0 spiro atoms. The Hall–Kier alpha value is -3.61. The predicted molar refractivity (Wildman–Crippen MR) is 135 cm³/mol. The Labute approximate surface area is 207 Å². The lowest BCUT2D eigenvalue weighted by Crippen LogP contribution is -2.32. The zero-order chi connectivity index (χ0) is 24.6. The van der Waals surface area contributed by atoms with Gasteiger partial charge in [-0.2, -0.15) is 0 Å². The fraction of sp³-hybridized carbons (Fsp3) is 0.115. The number of carbonyl (C=O) groups excluding carboxylic acids is 3. The Balaban J connectivity index is 1.59. The van der Waals surface area contributed by atoms with Crippen LogP contribution >= 0.6 is 23.2 Å². The van der Waals surface area contributed by atoms with Crippen LogP contribution in [0.4, 0.5) is 17.1 Å². The second-order valence-corrected chi connectivity index (χ2v) is 8.85. The number of halogens is 2. The van der Waals surface area contributed by atoms with Crippen LogP contribution in [0.15, 0.2) is 71.4 Å². The Morgan fingerprint density at radius 2 is 1.44 bits per heavy atom. The van der Waals surface area contributed by atoms with Crippen molar-refractivity contribution >= 4 is 58.0 Å². The summed E-state index contributed by atoms with van der Waals surface area (Å²) in [5.41, 5.74) is 4.64. The van der Waals surface area contributed by atoms with Crippen LogP contribution in [0.5, 0.6) is 0 Å². The Bertz CT molecular complexity index is 1360. The summed E-state index contributed by atoms with van der Waals surface area (Å²) in [4.78, 5) is 39.6. The molecule has 1 aliphatic rings. The minimum Gasteiger partial charge on any atom is -0.349 e. The molecule has 0 atom stereocenters. The lowest BCUT2D eigenvalue weighted by atomic mass is 10.1. The number of imide groups is 1. The summed E-state index contributed by atoms with van der Waals surface area (Å²) in [7, 11) is 0. The van der Waals surface area contributed by atoms with Gasteiger partial charge in [-0.05, 0) is 79.9 Å². The number of carbonyl (C=O) groups is 3. The van der Waals surface area contributed by atoms with Crippen molar-refractivity contribution in [2.45, 2.75) is 20.8 Å². The molecule has 6 nitrogen and oxygen atoms in total. The number of hydrogen-bond donors (Lipinski definition) is 2. The Morgan fingerprint density at radius 3 is 2.15 bits per heavy atom. The topological polar surface area (TPSA) is 78.5 Å². The molecule has 1 heterocycles. The number of nitrogens with one attached hydrogen (secondary N) is 2. The second kappa shape index (κ2) is 9.33. The maximum atomic E-state index is 13.0. The molecule has 3 amide bonds. The molecule has 0 radical (unpaired) electrons. The van der Waals surface area contributed by atoms with Crippen LogP contribution in [-0.2, 0) is 9.59 Å². The minimum atomic E-state index is -0.641. The number of hydrogen-bond acceptors (Lipinski definition) is 4.